The van der Waals surface area contributed by atoms with Crippen molar-refractivity contribution in [2.24, 2.45) is 0 Å². The SMILES string of the molecule is CNc1ccc2c(OCCOCCOc3cccc4nc(NC)ccc34)cccc2n1. The highest BCUT2D eigenvalue weighted by Gasteiger charge is 2.05. The van der Waals surface area contributed by atoms with Crippen LogP contribution >= 0.6 is 0 Å². The highest BCUT2D eigenvalue weighted by molar-refractivity contribution is 5.87. The van der Waals surface area contributed by atoms with Crippen molar-refractivity contribution >= 4 is 33.4 Å². The molecule has 0 saturated carbocycles. The van der Waals surface area contributed by atoms with E-state index in [2.05, 4.69) is 20.6 Å². The zero-order valence-electron chi connectivity index (χ0n) is 17.7. The van der Waals surface area contributed by atoms with Crippen molar-refractivity contribution in [3.05, 3.63) is 60.7 Å². The van der Waals surface area contributed by atoms with Crippen LogP contribution in [0, 0.1) is 0 Å². The molecule has 7 heteroatoms. The van der Waals surface area contributed by atoms with Gasteiger partial charge in [0.05, 0.1) is 24.2 Å². The van der Waals surface area contributed by atoms with Crippen LogP contribution in [0.15, 0.2) is 60.7 Å². The predicted molar refractivity (Wildman–Crippen MR) is 124 cm³/mol. The van der Waals surface area contributed by atoms with Crippen molar-refractivity contribution in [2.45, 2.75) is 0 Å². The van der Waals surface area contributed by atoms with Crippen LogP contribution in [0.1, 0.15) is 0 Å². The molecule has 2 aromatic heterocycles. The first kappa shape index (κ1) is 20.7. The average molecular weight is 418 g/mol. The Morgan fingerprint density at radius 2 is 1.10 bits per heavy atom. The normalized spacial score (nSPS) is 10.9. The molecule has 0 aliphatic carbocycles. The van der Waals surface area contributed by atoms with E-state index in [9.17, 15) is 0 Å². The van der Waals surface area contributed by atoms with Crippen LogP contribution in [0.2, 0.25) is 0 Å². The molecule has 7 nitrogen and oxygen atoms in total. The zero-order chi connectivity index (χ0) is 21.5. The van der Waals surface area contributed by atoms with E-state index in [1.165, 1.54) is 0 Å². The maximum atomic E-state index is 5.90. The van der Waals surface area contributed by atoms with Gasteiger partial charge in [-0.3, -0.25) is 0 Å². The maximum Gasteiger partial charge on any atom is 0.128 e. The number of benzene rings is 2. The van der Waals surface area contributed by atoms with Crippen molar-refractivity contribution in [1.82, 2.24) is 9.97 Å². The standard InChI is InChI=1S/C24H26N4O3/c1-25-23-11-9-17-19(27-23)5-3-7-21(17)30-15-13-29-14-16-31-22-8-4-6-20-18(22)10-12-24(26-2)28-20/h3-12H,13-16H2,1-2H3,(H,25,27)(H,26,28). The number of rotatable bonds is 10. The van der Waals surface area contributed by atoms with Gasteiger partial charge in [-0.25, -0.2) is 9.97 Å². The molecule has 2 heterocycles. The fraction of sp³-hybridized carbons (Fsp3) is 0.250. The minimum Gasteiger partial charge on any atom is -0.490 e. The minimum atomic E-state index is 0.456. The molecule has 0 fully saturated rings. The summed E-state index contributed by atoms with van der Waals surface area (Å²) < 4.78 is 17.5. The summed E-state index contributed by atoms with van der Waals surface area (Å²) in [6.07, 6.45) is 0. The summed E-state index contributed by atoms with van der Waals surface area (Å²) in [6, 6.07) is 19.6. The molecule has 2 aromatic carbocycles. The van der Waals surface area contributed by atoms with Gasteiger partial charge < -0.3 is 24.8 Å². The highest BCUT2D eigenvalue weighted by atomic mass is 16.5. The van der Waals surface area contributed by atoms with Gasteiger partial charge in [0.25, 0.3) is 0 Å². The average Bonchev–Trinajstić information content (AvgIpc) is 2.82. The van der Waals surface area contributed by atoms with E-state index in [-0.39, 0.29) is 0 Å². The molecule has 0 spiro atoms. The number of nitrogens with zero attached hydrogens (tertiary/aromatic N) is 2. The summed E-state index contributed by atoms with van der Waals surface area (Å²) in [4.78, 5) is 9.07. The van der Waals surface area contributed by atoms with Crippen molar-refractivity contribution < 1.29 is 14.2 Å². The van der Waals surface area contributed by atoms with E-state index < -0.39 is 0 Å². The lowest BCUT2D eigenvalue weighted by Crippen LogP contribution is -2.12. The third kappa shape index (κ3) is 4.95. The minimum absolute atomic E-state index is 0.456. The largest absolute Gasteiger partial charge is 0.490 e. The second-order valence-electron chi connectivity index (χ2n) is 6.85. The summed E-state index contributed by atoms with van der Waals surface area (Å²) in [5, 5.41) is 8.06. The lowest BCUT2D eigenvalue weighted by Gasteiger charge is -2.12. The van der Waals surface area contributed by atoms with Crippen molar-refractivity contribution in [3.8, 4) is 11.5 Å². The Labute approximate surface area is 181 Å². The number of fused-ring (bicyclic) bond motifs is 2. The molecule has 160 valence electrons. The van der Waals surface area contributed by atoms with Gasteiger partial charge in [-0.05, 0) is 48.5 Å². The number of hydrogen-bond acceptors (Lipinski definition) is 7. The maximum absolute atomic E-state index is 5.90. The van der Waals surface area contributed by atoms with Crippen molar-refractivity contribution in [1.29, 1.82) is 0 Å². The van der Waals surface area contributed by atoms with Gasteiger partial charge in [0.1, 0.15) is 36.3 Å². The Hall–Kier alpha value is -3.58. The topological polar surface area (TPSA) is 77.5 Å². The fourth-order valence-corrected chi connectivity index (χ4v) is 3.31. The van der Waals surface area contributed by atoms with Crippen LogP contribution in [0.5, 0.6) is 11.5 Å². The predicted octanol–water partition coefficient (Wildman–Crippen LogP) is 4.34. The Morgan fingerprint density at radius 3 is 1.55 bits per heavy atom. The van der Waals surface area contributed by atoms with Gasteiger partial charge in [-0.1, -0.05) is 12.1 Å². The summed E-state index contributed by atoms with van der Waals surface area (Å²) in [7, 11) is 3.71. The number of pyridine rings is 2. The molecule has 0 radical (unpaired) electrons. The van der Waals surface area contributed by atoms with Crippen LogP contribution in [0.25, 0.3) is 21.8 Å². The number of aromatic nitrogens is 2. The number of anilines is 2. The number of nitrogens with one attached hydrogen (secondary N) is 2. The van der Waals surface area contributed by atoms with Gasteiger partial charge in [-0.15, -0.1) is 0 Å². The first-order valence-electron chi connectivity index (χ1n) is 10.3. The highest BCUT2D eigenvalue weighted by Crippen LogP contribution is 2.26. The van der Waals surface area contributed by atoms with Crippen LogP contribution in [-0.2, 0) is 4.74 Å². The molecule has 2 N–H and O–H groups in total. The summed E-state index contributed by atoms with van der Waals surface area (Å²) in [5.74, 6) is 3.27. The Bertz CT molecular complexity index is 1070. The number of ether oxygens (including phenoxy) is 3. The lowest BCUT2D eigenvalue weighted by atomic mass is 10.2. The van der Waals surface area contributed by atoms with E-state index in [1.54, 1.807) is 0 Å². The molecule has 0 unspecified atom stereocenters. The summed E-state index contributed by atoms with van der Waals surface area (Å²) in [6.45, 7) is 1.87. The first-order valence-corrected chi connectivity index (χ1v) is 10.3. The molecule has 0 aliphatic heterocycles. The van der Waals surface area contributed by atoms with Crippen LogP contribution < -0.4 is 20.1 Å². The molecule has 0 bridgehead atoms. The van der Waals surface area contributed by atoms with E-state index >= 15 is 0 Å². The van der Waals surface area contributed by atoms with Gasteiger partial charge >= 0.3 is 0 Å². The Kier molecular flexibility index (Phi) is 6.64. The summed E-state index contributed by atoms with van der Waals surface area (Å²) in [5.41, 5.74) is 1.79. The Morgan fingerprint density at radius 1 is 0.613 bits per heavy atom. The number of hydrogen-bond donors (Lipinski definition) is 2. The molecular weight excluding hydrogens is 392 g/mol. The van der Waals surface area contributed by atoms with E-state index in [0.717, 1.165) is 44.9 Å². The second kappa shape index (κ2) is 9.95. The first-order chi connectivity index (χ1) is 15.3. The van der Waals surface area contributed by atoms with E-state index in [4.69, 9.17) is 14.2 Å². The van der Waals surface area contributed by atoms with Crippen LogP contribution in [-0.4, -0.2) is 50.5 Å². The van der Waals surface area contributed by atoms with E-state index in [0.29, 0.717) is 26.4 Å². The van der Waals surface area contributed by atoms with Crippen molar-refractivity contribution in [2.75, 3.05) is 51.2 Å². The third-order valence-electron chi connectivity index (χ3n) is 4.87. The lowest BCUT2D eigenvalue weighted by molar-refractivity contribution is 0.0771. The second-order valence-corrected chi connectivity index (χ2v) is 6.85. The van der Waals surface area contributed by atoms with Crippen LogP contribution in [0.3, 0.4) is 0 Å². The van der Waals surface area contributed by atoms with Gasteiger partial charge in [0.2, 0.25) is 0 Å². The molecule has 0 atom stereocenters. The van der Waals surface area contributed by atoms with Gasteiger partial charge in [0.15, 0.2) is 0 Å². The van der Waals surface area contributed by atoms with Crippen LogP contribution in [0.4, 0.5) is 11.6 Å². The fourth-order valence-electron chi connectivity index (χ4n) is 3.31. The molecule has 4 aromatic rings. The molecule has 4 rings (SSSR count). The van der Waals surface area contributed by atoms with E-state index in [1.807, 2.05) is 74.8 Å². The van der Waals surface area contributed by atoms with Crippen molar-refractivity contribution in [3.63, 3.8) is 0 Å². The van der Waals surface area contributed by atoms with Gasteiger partial charge in [0, 0.05) is 24.9 Å². The molecule has 0 aliphatic rings. The molecular formula is C24H26N4O3. The quantitative estimate of drug-likeness (QED) is 0.371. The van der Waals surface area contributed by atoms with Gasteiger partial charge in [-0.2, -0.15) is 0 Å². The molecule has 31 heavy (non-hydrogen) atoms. The zero-order valence-corrected chi connectivity index (χ0v) is 17.7. The smallest absolute Gasteiger partial charge is 0.128 e. The third-order valence-corrected chi connectivity index (χ3v) is 4.87. The molecule has 0 amide bonds. The Balaban J connectivity index is 1.24. The summed E-state index contributed by atoms with van der Waals surface area (Å²) >= 11 is 0. The molecule has 0 saturated heterocycles. The monoisotopic (exact) mass is 418 g/mol.